The minimum absolute atomic E-state index is 0.0182. The van der Waals surface area contributed by atoms with Gasteiger partial charge in [-0.25, -0.2) is 4.98 Å². The maximum Gasteiger partial charge on any atom is 0.264 e. The molecule has 1 aromatic heterocycles. The summed E-state index contributed by atoms with van der Waals surface area (Å²) in [5.74, 6) is 8.09. The predicted octanol–water partition coefficient (Wildman–Crippen LogP) is 2.98. The number of benzene rings is 1. The first-order valence-corrected chi connectivity index (χ1v) is 10.3. The zero-order valence-corrected chi connectivity index (χ0v) is 16.9. The molecule has 3 aliphatic rings. The van der Waals surface area contributed by atoms with E-state index in [0.717, 1.165) is 48.8 Å². The average Bonchev–Trinajstić information content (AvgIpc) is 3.13. The summed E-state index contributed by atoms with van der Waals surface area (Å²) in [6.45, 7) is 1.45. The van der Waals surface area contributed by atoms with Crippen LogP contribution in [0.25, 0.3) is 0 Å². The normalized spacial score (nSPS) is 22.9. The van der Waals surface area contributed by atoms with Crippen molar-refractivity contribution < 1.29 is 14.1 Å². The number of pyridine rings is 1. The molecule has 5 rings (SSSR count). The van der Waals surface area contributed by atoms with E-state index < -0.39 is 0 Å². The monoisotopic (exact) mass is 415 g/mol. The number of rotatable bonds is 4. The van der Waals surface area contributed by atoms with Crippen LogP contribution in [0.3, 0.4) is 0 Å². The minimum atomic E-state index is -0.220. The molecule has 8 heteroatoms. The summed E-state index contributed by atoms with van der Waals surface area (Å²) in [7, 11) is 0. The van der Waals surface area contributed by atoms with Gasteiger partial charge in [0, 0.05) is 30.9 Å². The van der Waals surface area contributed by atoms with Gasteiger partial charge in [-0.05, 0) is 49.2 Å². The fraction of sp³-hybridized carbons (Fsp3) is 0.217. The number of hydrogen-bond acceptors (Lipinski definition) is 6. The Balaban J connectivity index is 1.42. The van der Waals surface area contributed by atoms with Crippen molar-refractivity contribution in [2.24, 2.45) is 21.7 Å². The Morgan fingerprint density at radius 1 is 1.13 bits per heavy atom. The van der Waals surface area contributed by atoms with Crippen LogP contribution in [-0.2, 0) is 4.74 Å². The Morgan fingerprint density at radius 3 is 2.68 bits per heavy atom. The number of aromatic nitrogens is 1. The van der Waals surface area contributed by atoms with Crippen LogP contribution in [0.5, 0.6) is 0 Å². The van der Waals surface area contributed by atoms with E-state index in [-0.39, 0.29) is 10.5 Å². The van der Waals surface area contributed by atoms with Crippen LogP contribution in [0.15, 0.2) is 82.4 Å². The molecule has 1 fully saturated rings. The summed E-state index contributed by atoms with van der Waals surface area (Å²) in [5, 5.41) is 2.79. The fourth-order valence-electron chi connectivity index (χ4n) is 4.07. The van der Waals surface area contributed by atoms with E-state index in [4.69, 9.17) is 15.6 Å². The quantitative estimate of drug-likeness (QED) is 0.592. The van der Waals surface area contributed by atoms with Crippen LogP contribution in [0, 0.1) is 5.92 Å². The van der Waals surface area contributed by atoms with Crippen LogP contribution >= 0.6 is 0 Å². The van der Waals surface area contributed by atoms with Crippen molar-refractivity contribution in [3.8, 4) is 0 Å². The Hall–Kier alpha value is -3.46. The molecule has 156 valence electrons. The fourth-order valence-corrected chi connectivity index (χ4v) is 4.07. The van der Waals surface area contributed by atoms with E-state index in [1.54, 1.807) is 42.9 Å². The van der Waals surface area contributed by atoms with Crippen molar-refractivity contribution in [1.29, 1.82) is 0 Å². The van der Waals surface area contributed by atoms with Gasteiger partial charge in [0.05, 0.1) is 18.0 Å². The van der Waals surface area contributed by atoms with Crippen molar-refractivity contribution in [2.75, 3.05) is 18.5 Å². The number of nitrogens with one attached hydrogen (secondary N) is 1. The van der Waals surface area contributed by atoms with Gasteiger partial charge in [-0.3, -0.25) is 9.79 Å². The lowest BCUT2D eigenvalue weighted by Gasteiger charge is -2.27. The van der Waals surface area contributed by atoms with Crippen molar-refractivity contribution in [1.82, 2.24) is 4.98 Å². The zero-order valence-electron chi connectivity index (χ0n) is 16.9. The van der Waals surface area contributed by atoms with Gasteiger partial charge in [0.15, 0.2) is 0 Å². The lowest BCUT2D eigenvalue weighted by atomic mass is 9.95. The third-order valence-corrected chi connectivity index (χ3v) is 5.74. The number of quaternary nitrogens is 1. The van der Waals surface area contributed by atoms with Crippen molar-refractivity contribution in [2.45, 2.75) is 12.8 Å². The second kappa shape index (κ2) is 7.99. The highest BCUT2D eigenvalue weighted by Gasteiger charge is 2.45. The molecule has 1 aromatic carbocycles. The molecule has 1 atom stereocenters. The maximum absolute atomic E-state index is 12.5. The topological polar surface area (TPSA) is 102 Å². The molecule has 1 amide bonds. The highest BCUT2D eigenvalue weighted by Crippen LogP contribution is 2.37. The number of carbonyl (C=O) groups is 1. The van der Waals surface area contributed by atoms with E-state index >= 15 is 0 Å². The molecule has 0 spiro atoms. The smallest absolute Gasteiger partial charge is 0.264 e. The number of allylic oxidation sites excluding steroid dienone is 2. The van der Waals surface area contributed by atoms with E-state index in [0.29, 0.717) is 17.3 Å². The van der Waals surface area contributed by atoms with Crippen LogP contribution in [-0.4, -0.2) is 40.7 Å². The summed E-state index contributed by atoms with van der Waals surface area (Å²) >= 11 is 0. The van der Waals surface area contributed by atoms with Gasteiger partial charge in [0.1, 0.15) is 17.7 Å². The molecule has 0 saturated carbocycles. The molecule has 0 bridgehead atoms. The van der Waals surface area contributed by atoms with Gasteiger partial charge in [0.2, 0.25) is 5.70 Å². The first-order chi connectivity index (χ1) is 15.1. The second-order valence-corrected chi connectivity index (χ2v) is 7.69. The molecule has 3 aliphatic heterocycles. The van der Waals surface area contributed by atoms with E-state index in [1.807, 2.05) is 24.4 Å². The van der Waals surface area contributed by atoms with Crippen molar-refractivity contribution >= 4 is 23.8 Å². The standard InChI is InChI=1S/C23H22N6O2/c24-29-12-11-25-15-19(29)21(16-8-13-31-14-9-16)28-22(29)17-4-6-18(7-5-17)23(30)27-20-3-1-2-10-26-20/h1-7,10-12,15-16H,8-9,13-14,24H2/p+1. The van der Waals surface area contributed by atoms with Crippen molar-refractivity contribution in [3.63, 3.8) is 0 Å². The largest absolute Gasteiger partial charge is 0.381 e. The van der Waals surface area contributed by atoms with Crippen molar-refractivity contribution in [3.05, 3.63) is 83.6 Å². The molecule has 31 heavy (non-hydrogen) atoms. The van der Waals surface area contributed by atoms with E-state index in [2.05, 4.69) is 15.3 Å². The highest BCUT2D eigenvalue weighted by atomic mass is 16.5. The number of fused-ring (bicyclic) bond motifs is 1. The molecule has 1 saturated heterocycles. The third kappa shape index (κ3) is 3.61. The Kier molecular flexibility index (Phi) is 5.03. The van der Waals surface area contributed by atoms with Gasteiger partial charge in [-0.1, -0.05) is 6.07 Å². The Labute approximate surface area is 180 Å². The number of amides is 1. The Morgan fingerprint density at radius 2 is 1.94 bits per heavy atom. The van der Waals surface area contributed by atoms with Crippen LogP contribution in [0.4, 0.5) is 5.82 Å². The highest BCUT2D eigenvalue weighted by molar-refractivity contribution is 6.05. The number of carbonyl (C=O) groups excluding carboxylic acids is 1. The zero-order chi connectivity index (χ0) is 21.3. The molecule has 0 aliphatic carbocycles. The third-order valence-electron chi connectivity index (χ3n) is 5.74. The van der Waals surface area contributed by atoms with Gasteiger partial charge in [-0.15, -0.1) is 4.59 Å². The summed E-state index contributed by atoms with van der Waals surface area (Å²) in [6.07, 6.45) is 8.80. The molecule has 3 N–H and O–H groups in total. The number of nitrogens with two attached hydrogens (primary N) is 1. The Bertz CT molecular complexity index is 1110. The van der Waals surface area contributed by atoms with Crippen LogP contribution in [0.2, 0.25) is 0 Å². The second-order valence-electron chi connectivity index (χ2n) is 7.69. The molecular weight excluding hydrogens is 392 g/mol. The molecular formula is C23H23N6O2+. The summed E-state index contributed by atoms with van der Waals surface area (Å²) in [5.41, 5.74) is 3.26. The number of hydrogen-bond donors (Lipinski definition) is 2. The average molecular weight is 415 g/mol. The lowest BCUT2D eigenvalue weighted by molar-refractivity contribution is -0.750. The SMILES string of the molecule is N[N+]12C=CN=CC1=C(C1CCOCC1)N=C2c1ccc(C(=O)Nc2ccccn2)cc1. The lowest BCUT2D eigenvalue weighted by Crippen LogP contribution is -2.53. The van der Waals surface area contributed by atoms with E-state index in [9.17, 15) is 4.79 Å². The van der Waals surface area contributed by atoms with Gasteiger partial charge in [-0.2, -0.15) is 10.8 Å². The van der Waals surface area contributed by atoms with Crippen LogP contribution < -0.4 is 11.2 Å². The number of amidine groups is 1. The van der Waals surface area contributed by atoms with Gasteiger partial charge >= 0.3 is 0 Å². The summed E-state index contributed by atoms with van der Waals surface area (Å²) in [4.78, 5) is 25.9. The van der Waals surface area contributed by atoms with Crippen LogP contribution in [0.1, 0.15) is 28.8 Å². The molecule has 8 nitrogen and oxygen atoms in total. The predicted molar refractivity (Wildman–Crippen MR) is 118 cm³/mol. The number of ether oxygens (including phenoxy) is 1. The number of nitrogens with zero attached hydrogens (tertiary/aromatic N) is 4. The summed E-state index contributed by atoms with van der Waals surface area (Å²) < 4.78 is 5.49. The van der Waals surface area contributed by atoms with Gasteiger partial charge < -0.3 is 10.1 Å². The molecule has 0 radical (unpaired) electrons. The number of aliphatic imine (C=N–C) groups is 2. The molecule has 4 heterocycles. The maximum atomic E-state index is 12.5. The molecule has 1 unspecified atom stereocenters. The number of anilines is 1. The van der Waals surface area contributed by atoms with Gasteiger partial charge in [0.25, 0.3) is 11.7 Å². The summed E-state index contributed by atoms with van der Waals surface area (Å²) in [6, 6.07) is 12.7. The first kappa shape index (κ1) is 19.5. The molecule has 2 aromatic rings. The minimum Gasteiger partial charge on any atom is -0.381 e. The first-order valence-electron chi connectivity index (χ1n) is 10.3. The van der Waals surface area contributed by atoms with E-state index in [1.165, 1.54) is 0 Å².